The summed E-state index contributed by atoms with van der Waals surface area (Å²) in [6, 6.07) is 7.22. The molecule has 0 aromatic heterocycles. The van der Waals surface area contributed by atoms with Gasteiger partial charge >= 0.3 is 5.97 Å². The maximum Gasteiger partial charge on any atom is 0.331 e. The van der Waals surface area contributed by atoms with E-state index >= 15 is 0 Å². The van der Waals surface area contributed by atoms with Crippen molar-refractivity contribution in [2.45, 2.75) is 46.1 Å². The highest BCUT2D eigenvalue weighted by atomic mass is 16.6. The molecular formula is C17H22O3. The van der Waals surface area contributed by atoms with Crippen LogP contribution in [-0.4, -0.2) is 17.4 Å². The van der Waals surface area contributed by atoms with Gasteiger partial charge in [-0.1, -0.05) is 31.2 Å². The van der Waals surface area contributed by atoms with Crippen molar-refractivity contribution < 1.29 is 14.3 Å². The van der Waals surface area contributed by atoms with Crippen LogP contribution in [-0.2, 0) is 9.53 Å². The summed E-state index contributed by atoms with van der Waals surface area (Å²) >= 11 is 0. The summed E-state index contributed by atoms with van der Waals surface area (Å²) in [5, 5.41) is 0. The van der Waals surface area contributed by atoms with Gasteiger partial charge in [0.25, 0.3) is 0 Å². The van der Waals surface area contributed by atoms with Gasteiger partial charge in [0, 0.05) is 18.1 Å². The molecule has 0 aliphatic carbocycles. The average Bonchev–Trinajstić information content (AvgIpc) is 2.35. The molecule has 0 atom stereocenters. The molecule has 0 radical (unpaired) electrons. The molecule has 0 unspecified atom stereocenters. The molecule has 0 spiro atoms. The van der Waals surface area contributed by atoms with E-state index in [-0.39, 0.29) is 11.8 Å². The van der Waals surface area contributed by atoms with Crippen LogP contribution in [0.2, 0.25) is 0 Å². The third kappa shape index (κ3) is 5.83. The van der Waals surface area contributed by atoms with Crippen LogP contribution < -0.4 is 0 Å². The van der Waals surface area contributed by atoms with Crippen LogP contribution in [0.3, 0.4) is 0 Å². The van der Waals surface area contributed by atoms with Gasteiger partial charge in [-0.3, -0.25) is 4.79 Å². The molecule has 0 aliphatic rings. The van der Waals surface area contributed by atoms with Crippen molar-refractivity contribution in [2.75, 3.05) is 0 Å². The Morgan fingerprint density at radius 1 is 1.15 bits per heavy atom. The quantitative estimate of drug-likeness (QED) is 0.462. The standard InChI is InChI=1S/C17H22O3/c1-5-6-15(18)14-10-7-13(8-11-14)9-12-16(19)20-17(2,3)4/h7-12H,5-6H2,1-4H3. The Bertz CT molecular complexity index is 490. The highest BCUT2D eigenvalue weighted by Gasteiger charge is 2.13. The molecule has 108 valence electrons. The Balaban J connectivity index is 2.66. The molecule has 1 rings (SSSR count). The first-order valence-electron chi connectivity index (χ1n) is 6.86. The molecule has 1 aromatic rings. The molecule has 0 bridgehead atoms. The topological polar surface area (TPSA) is 43.4 Å². The van der Waals surface area contributed by atoms with E-state index < -0.39 is 5.60 Å². The molecule has 0 saturated heterocycles. The Morgan fingerprint density at radius 3 is 2.25 bits per heavy atom. The molecule has 3 heteroatoms. The maximum atomic E-state index is 11.7. The number of hydrogen-bond acceptors (Lipinski definition) is 3. The normalized spacial score (nSPS) is 11.6. The zero-order chi connectivity index (χ0) is 15.2. The lowest BCUT2D eigenvalue weighted by Crippen LogP contribution is -2.22. The van der Waals surface area contributed by atoms with Gasteiger partial charge in [0.05, 0.1) is 0 Å². The molecule has 0 heterocycles. The van der Waals surface area contributed by atoms with E-state index in [0.29, 0.717) is 12.0 Å². The number of carbonyl (C=O) groups excluding carboxylic acids is 2. The summed E-state index contributed by atoms with van der Waals surface area (Å²) < 4.78 is 5.17. The summed E-state index contributed by atoms with van der Waals surface area (Å²) in [5.41, 5.74) is 1.09. The minimum Gasteiger partial charge on any atom is -0.457 e. The fraction of sp³-hybridized carbons (Fsp3) is 0.412. The molecule has 0 amide bonds. The van der Waals surface area contributed by atoms with Crippen LogP contribution >= 0.6 is 0 Å². The summed E-state index contributed by atoms with van der Waals surface area (Å²) in [6.07, 6.45) is 4.49. The lowest BCUT2D eigenvalue weighted by atomic mass is 10.0. The predicted octanol–water partition coefficient (Wildman–Crippen LogP) is 4.02. The van der Waals surface area contributed by atoms with E-state index in [4.69, 9.17) is 4.74 Å². The second-order valence-corrected chi connectivity index (χ2v) is 5.66. The largest absolute Gasteiger partial charge is 0.457 e. The van der Waals surface area contributed by atoms with E-state index in [1.807, 2.05) is 39.8 Å². The second-order valence-electron chi connectivity index (χ2n) is 5.66. The number of benzene rings is 1. The summed E-state index contributed by atoms with van der Waals surface area (Å²) in [6.45, 7) is 7.46. The third-order valence-corrected chi connectivity index (χ3v) is 2.53. The SMILES string of the molecule is CCCC(=O)c1ccc(C=CC(=O)OC(C)(C)C)cc1. The van der Waals surface area contributed by atoms with Gasteiger partial charge in [-0.05, 0) is 38.8 Å². The van der Waals surface area contributed by atoms with Gasteiger partial charge < -0.3 is 4.74 Å². The van der Waals surface area contributed by atoms with Crippen molar-refractivity contribution in [2.24, 2.45) is 0 Å². The summed E-state index contributed by atoms with van der Waals surface area (Å²) in [7, 11) is 0. The lowest BCUT2D eigenvalue weighted by molar-refractivity contribution is -0.148. The minimum atomic E-state index is -0.488. The Kier molecular flexibility index (Phi) is 5.68. The zero-order valence-corrected chi connectivity index (χ0v) is 12.6. The van der Waals surface area contributed by atoms with E-state index in [1.54, 1.807) is 18.2 Å². The maximum absolute atomic E-state index is 11.7. The summed E-state index contributed by atoms with van der Waals surface area (Å²) in [4.78, 5) is 23.2. The number of esters is 1. The monoisotopic (exact) mass is 274 g/mol. The number of ketones is 1. The number of hydrogen-bond donors (Lipinski definition) is 0. The lowest BCUT2D eigenvalue weighted by Gasteiger charge is -2.17. The highest BCUT2D eigenvalue weighted by Crippen LogP contribution is 2.11. The molecule has 0 N–H and O–H groups in total. The fourth-order valence-corrected chi connectivity index (χ4v) is 1.65. The van der Waals surface area contributed by atoms with Crippen LogP contribution in [0.25, 0.3) is 6.08 Å². The van der Waals surface area contributed by atoms with Gasteiger partial charge in [0.1, 0.15) is 5.60 Å². The molecule has 20 heavy (non-hydrogen) atoms. The summed E-state index contributed by atoms with van der Waals surface area (Å²) in [5.74, 6) is -0.223. The molecule has 0 fully saturated rings. The fourth-order valence-electron chi connectivity index (χ4n) is 1.65. The van der Waals surface area contributed by atoms with Gasteiger partial charge in [-0.25, -0.2) is 4.79 Å². The van der Waals surface area contributed by atoms with Crippen molar-refractivity contribution >= 4 is 17.8 Å². The van der Waals surface area contributed by atoms with Crippen molar-refractivity contribution in [3.63, 3.8) is 0 Å². The number of ether oxygens (including phenoxy) is 1. The molecule has 1 aromatic carbocycles. The van der Waals surface area contributed by atoms with Crippen molar-refractivity contribution in [3.8, 4) is 0 Å². The molecule has 0 saturated carbocycles. The van der Waals surface area contributed by atoms with Gasteiger partial charge in [0.2, 0.25) is 0 Å². The highest BCUT2D eigenvalue weighted by molar-refractivity contribution is 5.96. The third-order valence-electron chi connectivity index (χ3n) is 2.53. The van der Waals surface area contributed by atoms with Gasteiger partial charge in [0.15, 0.2) is 5.78 Å². The number of carbonyl (C=O) groups is 2. The second kappa shape index (κ2) is 7.04. The van der Waals surface area contributed by atoms with E-state index in [0.717, 1.165) is 12.0 Å². The van der Waals surface area contributed by atoms with E-state index in [9.17, 15) is 9.59 Å². The Hall–Kier alpha value is -1.90. The first-order chi connectivity index (χ1) is 9.31. The van der Waals surface area contributed by atoms with Crippen molar-refractivity contribution in [1.29, 1.82) is 0 Å². The van der Waals surface area contributed by atoms with Crippen LogP contribution in [0.4, 0.5) is 0 Å². The van der Waals surface area contributed by atoms with Gasteiger partial charge in [-0.2, -0.15) is 0 Å². The van der Waals surface area contributed by atoms with Crippen LogP contribution in [0, 0.1) is 0 Å². The predicted molar refractivity (Wildman–Crippen MR) is 80.6 cm³/mol. The van der Waals surface area contributed by atoms with Crippen LogP contribution in [0.1, 0.15) is 56.5 Å². The first kappa shape index (κ1) is 16.2. The zero-order valence-electron chi connectivity index (χ0n) is 12.6. The number of rotatable bonds is 5. The minimum absolute atomic E-state index is 0.148. The van der Waals surface area contributed by atoms with E-state index in [1.165, 1.54) is 6.08 Å². The Labute approximate surface area is 120 Å². The van der Waals surface area contributed by atoms with Crippen molar-refractivity contribution in [3.05, 3.63) is 41.5 Å². The number of Topliss-reactive ketones (excluding diaryl/α,β-unsaturated/α-hetero) is 1. The van der Waals surface area contributed by atoms with Crippen LogP contribution in [0.5, 0.6) is 0 Å². The van der Waals surface area contributed by atoms with Crippen molar-refractivity contribution in [1.82, 2.24) is 0 Å². The Morgan fingerprint density at radius 2 is 1.75 bits per heavy atom. The first-order valence-corrected chi connectivity index (χ1v) is 6.86. The average molecular weight is 274 g/mol. The van der Waals surface area contributed by atoms with Crippen LogP contribution in [0.15, 0.2) is 30.3 Å². The van der Waals surface area contributed by atoms with E-state index in [2.05, 4.69) is 0 Å². The molecular weight excluding hydrogens is 252 g/mol. The molecule has 0 aliphatic heterocycles. The van der Waals surface area contributed by atoms with Gasteiger partial charge in [-0.15, -0.1) is 0 Å². The molecule has 3 nitrogen and oxygen atoms in total. The smallest absolute Gasteiger partial charge is 0.331 e.